The van der Waals surface area contributed by atoms with Gasteiger partial charge in [-0.25, -0.2) is 0 Å². The number of aryl methyl sites for hydroxylation is 1. The molecule has 20 heavy (non-hydrogen) atoms. The summed E-state index contributed by atoms with van der Waals surface area (Å²) in [5.41, 5.74) is 7.09. The van der Waals surface area contributed by atoms with Gasteiger partial charge in [-0.2, -0.15) is 13.2 Å². The molecule has 2 atom stereocenters. The van der Waals surface area contributed by atoms with Crippen LogP contribution in [0.4, 0.5) is 13.2 Å². The second kappa shape index (κ2) is 5.40. The minimum atomic E-state index is -4.29. The number of nitrogens with two attached hydrogens (primary N) is 1. The minimum absolute atomic E-state index is 0.353. The van der Waals surface area contributed by atoms with Gasteiger partial charge in [0.25, 0.3) is 0 Å². The molecule has 1 aliphatic carbocycles. The van der Waals surface area contributed by atoms with E-state index in [2.05, 4.69) is 6.92 Å². The summed E-state index contributed by atoms with van der Waals surface area (Å²) >= 11 is 0. The van der Waals surface area contributed by atoms with Crippen molar-refractivity contribution in [1.82, 2.24) is 0 Å². The Morgan fingerprint density at radius 1 is 1.30 bits per heavy atom. The molecule has 0 amide bonds. The van der Waals surface area contributed by atoms with Crippen LogP contribution in [0.5, 0.6) is 0 Å². The van der Waals surface area contributed by atoms with Gasteiger partial charge in [0.2, 0.25) is 0 Å². The summed E-state index contributed by atoms with van der Waals surface area (Å²) in [6.07, 6.45) is 0.814. The van der Waals surface area contributed by atoms with E-state index in [1.165, 1.54) is 6.07 Å². The van der Waals surface area contributed by atoms with E-state index >= 15 is 0 Å². The lowest BCUT2D eigenvalue weighted by Gasteiger charge is -2.42. The highest BCUT2D eigenvalue weighted by atomic mass is 19.4. The summed E-state index contributed by atoms with van der Waals surface area (Å²) in [4.78, 5) is 0. The zero-order chi connectivity index (χ0) is 15.0. The molecule has 2 N–H and O–H groups in total. The lowest BCUT2D eigenvalue weighted by atomic mass is 9.67. The van der Waals surface area contributed by atoms with Crippen LogP contribution in [-0.2, 0) is 11.7 Å². The van der Waals surface area contributed by atoms with E-state index in [9.17, 15) is 13.2 Å². The first-order valence-corrected chi connectivity index (χ1v) is 7.26. The second-order valence-corrected chi connectivity index (χ2v) is 5.92. The highest BCUT2D eigenvalue weighted by Crippen LogP contribution is 2.43. The Bertz CT molecular complexity index is 481. The molecule has 0 aromatic heterocycles. The van der Waals surface area contributed by atoms with Crippen LogP contribution < -0.4 is 5.73 Å². The predicted octanol–water partition coefficient (Wildman–Crippen LogP) is 4.77. The smallest absolute Gasteiger partial charge is 0.321 e. The number of alkyl halides is 3. The molecular weight excluding hydrogens is 263 g/mol. The lowest BCUT2D eigenvalue weighted by Crippen LogP contribution is -2.46. The van der Waals surface area contributed by atoms with Crippen LogP contribution in [-0.4, -0.2) is 0 Å². The summed E-state index contributed by atoms with van der Waals surface area (Å²) in [7, 11) is 0. The Kier molecular flexibility index (Phi) is 4.14. The van der Waals surface area contributed by atoms with Crippen LogP contribution in [0.1, 0.15) is 55.7 Å². The van der Waals surface area contributed by atoms with Crippen molar-refractivity contribution in [2.75, 3.05) is 0 Å². The van der Waals surface area contributed by atoms with Gasteiger partial charge < -0.3 is 5.73 Å². The van der Waals surface area contributed by atoms with Gasteiger partial charge in [-0.1, -0.05) is 32.3 Å². The Hall–Kier alpha value is -1.03. The van der Waals surface area contributed by atoms with Crippen molar-refractivity contribution >= 4 is 0 Å². The van der Waals surface area contributed by atoms with Crippen LogP contribution >= 0.6 is 0 Å². The Morgan fingerprint density at radius 2 is 2.00 bits per heavy atom. The molecular formula is C16H22F3N. The summed E-state index contributed by atoms with van der Waals surface area (Å²) in [5, 5.41) is 0. The number of hydrogen-bond donors (Lipinski definition) is 1. The van der Waals surface area contributed by atoms with Crippen LogP contribution in [0, 0.1) is 12.8 Å². The van der Waals surface area contributed by atoms with E-state index in [1.54, 1.807) is 13.0 Å². The summed E-state index contributed by atoms with van der Waals surface area (Å²) < 4.78 is 38.2. The Morgan fingerprint density at radius 3 is 2.55 bits per heavy atom. The van der Waals surface area contributed by atoms with E-state index in [4.69, 9.17) is 5.73 Å². The highest BCUT2D eigenvalue weighted by Gasteiger charge is 2.39. The molecule has 0 saturated heterocycles. The standard InChI is InChI=1S/C16H22F3N/c1-3-12-6-4-5-9-15(12,20)14-8-7-13(10-11(14)2)16(17,18)19/h7-8,10,12H,3-6,9,20H2,1-2H3. The normalized spacial score (nSPS) is 27.6. The van der Waals surface area contributed by atoms with Crippen molar-refractivity contribution in [3.63, 3.8) is 0 Å². The molecule has 0 bridgehead atoms. The van der Waals surface area contributed by atoms with E-state index < -0.39 is 17.3 Å². The van der Waals surface area contributed by atoms with Crippen LogP contribution in [0.15, 0.2) is 18.2 Å². The molecule has 1 fully saturated rings. The quantitative estimate of drug-likeness (QED) is 0.832. The third kappa shape index (κ3) is 2.71. The maximum absolute atomic E-state index is 12.7. The molecule has 112 valence electrons. The van der Waals surface area contributed by atoms with Gasteiger partial charge in [0.05, 0.1) is 5.56 Å². The van der Waals surface area contributed by atoms with Gasteiger partial charge in [-0.15, -0.1) is 0 Å². The van der Waals surface area contributed by atoms with Crippen molar-refractivity contribution in [1.29, 1.82) is 0 Å². The van der Waals surface area contributed by atoms with E-state index in [0.717, 1.165) is 43.7 Å². The molecule has 1 saturated carbocycles. The highest BCUT2D eigenvalue weighted by molar-refractivity contribution is 5.38. The molecule has 1 aromatic rings. The maximum Gasteiger partial charge on any atom is 0.416 e. The van der Waals surface area contributed by atoms with E-state index in [0.29, 0.717) is 11.5 Å². The third-order valence-corrected chi connectivity index (χ3v) is 4.67. The second-order valence-electron chi connectivity index (χ2n) is 5.92. The average molecular weight is 285 g/mol. The third-order valence-electron chi connectivity index (χ3n) is 4.67. The van der Waals surface area contributed by atoms with Crippen LogP contribution in [0.25, 0.3) is 0 Å². The molecule has 4 heteroatoms. The van der Waals surface area contributed by atoms with Crippen molar-refractivity contribution < 1.29 is 13.2 Å². The first kappa shape index (κ1) is 15.4. The van der Waals surface area contributed by atoms with Crippen molar-refractivity contribution in [3.8, 4) is 0 Å². The van der Waals surface area contributed by atoms with Gasteiger partial charge in [-0.05, 0) is 48.9 Å². The van der Waals surface area contributed by atoms with Gasteiger partial charge >= 0.3 is 6.18 Å². The van der Waals surface area contributed by atoms with Crippen molar-refractivity contribution in [3.05, 3.63) is 34.9 Å². The summed E-state index contributed by atoms with van der Waals surface area (Å²) in [6.45, 7) is 3.84. The number of hydrogen-bond acceptors (Lipinski definition) is 1. The zero-order valence-electron chi connectivity index (χ0n) is 12.1. The fraction of sp³-hybridized carbons (Fsp3) is 0.625. The fourth-order valence-corrected chi connectivity index (χ4v) is 3.56. The van der Waals surface area contributed by atoms with Gasteiger partial charge in [0.15, 0.2) is 0 Å². The van der Waals surface area contributed by atoms with Gasteiger partial charge in [0, 0.05) is 5.54 Å². The number of halogens is 3. The lowest BCUT2D eigenvalue weighted by molar-refractivity contribution is -0.137. The number of rotatable bonds is 2. The Balaban J connectivity index is 2.41. The largest absolute Gasteiger partial charge is 0.416 e. The molecule has 0 heterocycles. The molecule has 2 rings (SSSR count). The fourth-order valence-electron chi connectivity index (χ4n) is 3.56. The predicted molar refractivity (Wildman–Crippen MR) is 74.3 cm³/mol. The van der Waals surface area contributed by atoms with Gasteiger partial charge in [0.1, 0.15) is 0 Å². The topological polar surface area (TPSA) is 26.0 Å². The molecule has 1 aliphatic rings. The molecule has 0 radical (unpaired) electrons. The summed E-state index contributed by atoms with van der Waals surface area (Å²) in [5.74, 6) is 0.353. The molecule has 0 spiro atoms. The SMILES string of the molecule is CCC1CCCCC1(N)c1ccc(C(F)(F)F)cc1C. The van der Waals surface area contributed by atoms with E-state index in [-0.39, 0.29) is 0 Å². The molecule has 1 nitrogen and oxygen atoms in total. The first-order valence-electron chi connectivity index (χ1n) is 7.26. The van der Waals surface area contributed by atoms with Crippen molar-refractivity contribution in [2.45, 2.75) is 57.7 Å². The first-order chi connectivity index (χ1) is 9.29. The van der Waals surface area contributed by atoms with Crippen LogP contribution in [0.2, 0.25) is 0 Å². The zero-order valence-corrected chi connectivity index (χ0v) is 12.1. The number of benzene rings is 1. The monoisotopic (exact) mass is 285 g/mol. The molecule has 0 aliphatic heterocycles. The minimum Gasteiger partial charge on any atom is -0.321 e. The van der Waals surface area contributed by atoms with Crippen molar-refractivity contribution in [2.24, 2.45) is 11.7 Å². The average Bonchev–Trinajstić information content (AvgIpc) is 2.37. The molecule has 2 unspecified atom stereocenters. The van der Waals surface area contributed by atoms with Gasteiger partial charge in [-0.3, -0.25) is 0 Å². The summed E-state index contributed by atoms with van der Waals surface area (Å²) in [6, 6.07) is 3.98. The Labute approximate surface area is 118 Å². The van der Waals surface area contributed by atoms with E-state index in [1.807, 2.05) is 0 Å². The molecule has 1 aromatic carbocycles. The van der Waals surface area contributed by atoms with Crippen LogP contribution in [0.3, 0.4) is 0 Å². The maximum atomic E-state index is 12.7.